The van der Waals surface area contributed by atoms with Gasteiger partial charge in [0.1, 0.15) is 5.73 Å². The van der Waals surface area contributed by atoms with Gasteiger partial charge in [0.25, 0.3) is 0 Å². The van der Waals surface area contributed by atoms with Gasteiger partial charge in [-0.3, -0.25) is 0 Å². The highest BCUT2D eigenvalue weighted by Crippen LogP contribution is 2.42. The van der Waals surface area contributed by atoms with Crippen molar-refractivity contribution in [1.29, 1.82) is 0 Å². The highest BCUT2D eigenvalue weighted by atomic mass is 19.1. The van der Waals surface area contributed by atoms with Crippen LogP contribution in [0, 0.1) is 6.92 Å². The van der Waals surface area contributed by atoms with Gasteiger partial charge >= 0.3 is 7.12 Å². The van der Waals surface area contributed by atoms with Gasteiger partial charge in [0.05, 0.1) is 11.2 Å². The van der Waals surface area contributed by atoms with Crippen molar-refractivity contribution in [2.24, 2.45) is 0 Å². The van der Waals surface area contributed by atoms with Crippen LogP contribution < -0.4 is 0 Å². The van der Waals surface area contributed by atoms with Gasteiger partial charge < -0.3 is 13.7 Å². The topological polar surface area (TPSA) is 57.4 Å². The number of allylic oxidation sites excluding steroid dienone is 1. The van der Waals surface area contributed by atoms with E-state index in [0.717, 1.165) is 18.4 Å². The minimum absolute atomic E-state index is 0.214. The minimum atomic E-state index is -0.891. The minimum Gasteiger partial charge on any atom is -0.425 e. The summed E-state index contributed by atoms with van der Waals surface area (Å²) in [5, 5.41) is 7.95. The molecule has 7 heteroatoms. The van der Waals surface area contributed by atoms with Crippen LogP contribution in [0.25, 0.3) is 0 Å². The molecule has 0 amide bonds. The molecule has 1 aromatic heterocycles. The van der Waals surface area contributed by atoms with Crippen molar-refractivity contribution in [3.63, 3.8) is 0 Å². The molecule has 2 heterocycles. The van der Waals surface area contributed by atoms with Crippen LogP contribution >= 0.6 is 0 Å². The normalized spacial score (nSPS) is 26.6. The Kier molecular flexibility index (Phi) is 4.13. The van der Waals surface area contributed by atoms with Gasteiger partial charge in [-0.25, -0.2) is 4.39 Å². The molecular formula is C16H24BFN2O3. The molecule has 1 aliphatic heterocycles. The second-order valence-electron chi connectivity index (χ2n) is 7.47. The molecule has 0 aromatic carbocycles. The zero-order valence-electron chi connectivity index (χ0n) is 14.5. The summed E-state index contributed by atoms with van der Waals surface area (Å²) in [4.78, 5) is 0. The molecular weight excluding hydrogens is 298 g/mol. The van der Waals surface area contributed by atoms with Crippen LogP contribution in [-0.2, 0) is 9.31 Å². The SMILES string of the molecule is Cc1nnc(C2CCC(=C(F)B3OC(C)(C)C(C)(C)O3)CC2)o1. The van der Waals surface area contributed by atoms with Crippen molar-refractivity contribution in [2.45, 2.75) is 77.4 Å². The van der Waals surface area contributed by atoms with E-state index in [-0.39, 0.29) is 11.6 Å². The van der Waals surface area contributed by atoms with E-state index >= 15 is 0 Å². The van der Waals surface area contributed by atoms with Gasteiger partial charge in [0.15, 0.2) is 0 Å². The third-order valence-electron chi connectivity index (χ3n) is 5.28. The summed E-state index contributed by atoms with van der Waals surface area (Å²) in [6.45, 7) is 9.50. The maximum Gasteiger partial charge on any atom is 0.525 e. The van der Waals surface area contributed by atoms with Crippen molar-refractivity contribution in [3.05, 3.63) is 23.1 Å². The third-order valence-corrected chi connectivity index (χ3v) is 5.28. The largest absolute Gasteiger partial charge is 0.525 e. The summed E-state index contributed by atoms with van der Waals surface area (Å²) in [7, 11) is -0.891. The summed E-state index contributed by atoms with van der Waals surface area (Å²) in [5.41, 5.74) is -0.512. The van der Waals surface area contributed by atoms with Gasteiger partial charge in [-0.1, -0.05) is 0 Å². The van der Waals surface area contributed by atoms with Crippen LogP contribution in [0.1, 0.15) is 71.1 Å². The fourth-order valence-electron chi connectivity index (χ4n) is 3.04. The summed E-state index contributed by atoms with van der Waals surface area (Å²) < 4.78 is 31.9. The molecule has 0 atom stereocenters. The van der Waals surface area contributed by atoms with Crippen LogP contribution in [0.3, 0.4) is 0 Å². The monoisotopic (exact) mass is 322 g/mol. The molecule has 2 fully saturated rings. The molecule has 0 bridgehead atoms. The number of aryl methyl sites for hydroxylation is 1. The molecule has 126 valence electrons. The average Bonchev–Trinajstić information content (AvgIpc) is 3.00. The quantitative estimate of drug-likeness (QED) is 0.773. The smallest absolute Gasteiger partial charge is 0.425 e. The number of hydrogen-bond acceptors (Lipinski definition) is 5. The molecule has 1 saturated heterocycles. The first kappa shape index (κ1) is 16.6. The Morgan fingerprint density at radius 2 is 1.65 bits per heavy atom. The predicted octanol–water partition coefficient (Wildman–Crippen LogP) is 3.89. The Bertz CT molecular complexity index is 601. The van der Waals surface area contributed by atoms with Crippen molar-refractivity contribution < 1.29 is 18.1 Å². The van der Waals surface area contributed by atoms with E-state index in [9.17, 15) is 4.39 Å². The number of aromatic nitrogens is 2. The van der Waals surface area contributed by atoms with Crippen molar-refractivity contribution in [3.8, 4) is 0 Å². The molecule has 0 radical (unpaired) electrons. The Morgan fingerprint density at radius 3 is 2.13 bits per heavy atom. The first-order valence-electron chi connectivity index (χ1n) is 8.23. The van der Waals surface area contributed by atoms with Gasteiger partial charge in [-0.15, -0.1) is 10.2 Å². The second kappa shape index (κ2) is 5.70. The van der Waals surface area contributed by atoms with Gasteiger partial charge in [-0.05, 0) is 59.0 Å². The summed E-state index contributed by atoms with van der Waals surface area (Å²) in [6, 6.07) is 0. The predicted molar refractivity (Wildman–Crippen MR) is 84.5 cm³/mol. The van der Waals surface area contributed by atoms with Crippen LogP contribution in [0.15, 0.2) is 15.7 Å². The third kappa shape index (κ3) is 3.09. The number of nitrogens with zero attached hydrogens (tertiary/aromatic N) is 2. The molecule has 3 rings (SSSR count). The lowest BCUT2D eigenvalue weighted by Gasteiger charge is -2.32. The highest BCUT2D eigenvalue weighted by Gasteiger charge is 2.53. The summed E-state index contributed by atoms with van der Waals surface area (Å²) in [5.74, 6) is 1.45. The van der Waals surface area contributed by atoms with E-state index in [1.165, 1.54) is 0 Å². The fourth-order valence-corrected chi connectivity index (χ4v) is 3.04. The molecule has 1 aliphatic carbocycles. The number of rotatable bonds is 2. The zero-order valence-corrected chi connectivity index (χ0v) is 14.5. The Balaban J connectivity index is 1.68. The van der Waals surface area contributed by atoms with E-state index < -0.39 is 18.3 Å². The van der Waals surface area contributed by atoms with Crippen LogP contribution in [0.4, 0.5) is 4.39 Å². The molecule has 0 N–H and O–H groups in total. The lowest BCUT2D eigenvalue weighted by Crippen LogP contribution is -2.41. The first-order valence-corrected chi connectivity index (χ1v) is 8.23. The van der Waals surface area contributed by atoms with Crippen LogP contribution in [-0.4, -0.2) is 28.5 Å². The lowest BCUT2D eigenvalue weighted by atomic mass is 9.77. The Hall–Kier alpha value is -1.21. The van der Waals surface area contributed by atoms with Crippen LogP contribution in [0.5, 0.6) is 0 Å². The molecule has 0 spiro atoms. The maximum atomic E-state index is 14.8. The standard InChI is InChI=1S/C16H24BFN2O3/c1-10-19-20-14(21-10)12-8-6-11(7-9-12)13(18)17-22-15(2,3)16(4,5)23-17/h12H,6-9H2,1-5H3. The highest BCUT2D eigenvalue weighted by molar-refractivity contribution is 6.53. The first-order chi connectivity index (χ1) is 10.7. The Morgan fingerprint density at radius 1 is 1.09 bits per heavy atom. The number of hydrogen-bond donors (Lipinski definition) is 0. The number of halogens is 1. The Labute approximate surface area is 136 Å². The fraction of sp³-hybridized carbons (Fsp3) is 0.750. The van der Waals surface area contributed by atoms with Gasteiger partial charge in [-0.2, -0.15) is 0 Å². The second-order valence-corrected chi connectivity index (χ2v) is 7.47. The average molecular weight is 322 g/mol. The molecule has 0 unspecified atom stereocenters. The molecule has 2 aliphatic rings. The molecule has 1 saturated carbocycles. The van der Waals surface area contributed by atoms with Gasteiger partial charge in [0.2, 0.25) is 11.8 Å². The van der Waals surface area contributed by atoms with E-state index in [1.54, 1.807) is 6.92 Å². The van der Waals surface area contributed by atoms with Crippen molar-refractivity contribution >= 4 is 7.12 Å². The van der Waals surface area contributed by atoms with E-state index in [1.807, 2.05) is 27.7 Å². The zero-order chi connectivity index (χ0) is 16.8. The van der Waals surface area contributed by atoms with Gasteiger partial charge in [0, 0.05) is 12.8 Å². The molecule has 5 nitrogen and oxygen atoms in total. The van der Waals surface area contributed by atoms with E-state index in [4.69, 9.17) is 13.7 Å². The summed E-state index contributed by atoms with van der Waals surface area (Å²) in [6.07, 6.45) is 2.96. The lowest BCUT2D eigenvalue weighted by molar-refractivity contribution is 0.00578. The van der Waals surface area contributed by atoms with Crippen LogP contribution in [0.2, 0.25) is 0 Å². The van der Waals surface area contributed by atoms with E-state index in [2.05, 4.69) is 10.2 Å². The van der Waals surface area contributed by atoms with Crippen molar-refractivity contribution in [1.82, 2.24) is 10.2 Å². The summed E-state index contributed by atoms with van der Waals surface area (Å²) >= 11 is 0. The maximum absolute atomic E-state index is 14.8. The molecule has 1 aromatic rings. The van der Waals surface area contributed by atoms with E-state index in [0.29, 0.717) is 24.6 Å². The van der Waals surface area contributed by atoms with Crippen molar-refractivity contribution in [2.75, 3.05) is 0 Å². The molecule has 23 heavy (non-hydrogen) atoms.